The molecule has 2 N–H and O–H groups in total. The molecule has 26 heavy (non-hydrogen) atoms. The summed E-state index contributed by atoms with van der Waals surface area (Å²) in [5.74, 6) is -1.07. The summed E-state index contributed by atoms with van der Waals surface area (Å²) in [6.07, 6.45) is 0. The second-order valence-electron chi connectivity index (χ2n) is 5.38. The second kappa shape index (κ2) is 7.67. The summed E-state index contributed by atoms with van der Waals surface area (Å²) in [7, 11) is -4.02. The Morgan fingerprint density at radius 2 is 1.85 bits per heavy atom. The van der Waals surface area contributed by atoms with Crippen molar-refractivity contribution in [3.63, 3.8) is 0 Å². The van der Waals surface area contributed by atoms with Crippen LogP contribution in [0.4, 0.5) is 10.1 Å². The molecule has 8 heteroatoms. The number of rotatable bonds is 6. The first-order valence-electron chi connectivity index (χ1n) is 7.64. The van der Waals surface area contributed by atoms with E-state index in [2.05, 4.69) is 10.0 Å². The Labute approximate surface area is 154 Å². The zero-order chi connectivity index (χ0) is 18.6. The summed E-state index contributed by atoms with van der Waals surface area (Å²) in [6.45, 7) is 0.362. The highest BCUT2D eigenvalue weighted by atomic mass is 32.2. The summed E-state index contributed by atoms with van der Waals surface area (Å²) in [4.78, 5) is 13.1. The van der Waals surface area contributed by atoms with Gasteiger partial charge in [0, 0.05) is 10.4 Å². The predicted molar refractivity (Wildman–Crippen MR) is 99.1 cm³/mol. The number of carbonyl (C=O) groups is 1. The Morgan fingerprint density at radius 3 is 2.58 bits per heavy atom. The van der Waals surface area contributed by atoms with Gasteiger partial charge in [-0.2, -0.15) is 0 Å². The van der Waals surface area contributed by atoms with E-state index in [1.807, 2.05) is 17.5 Å². The van der Waals surface area contributed by atoms with Gasteiger partial charge in [0.05, 0.1) is 17.1 Å². The molecular formula is C18H15FN2O3S2. The molecule has 0 saturated heterocycles. The third-order valence-corrected chi connectivity index (χ3v) is 5.77. The molecule has 0 atom stereocenters. The molecule has 134 valence electrons. The quantitative estimate of drug-likeness (QED) is 0.675. The largest absolute Gasteiger partial charge is 0.347 e. The van der Waals surface area contributed by atoms with Crippen molar-refractivity contribution in [2.75, 3.05) is 4.72 Å². The molecule has 1 heterocycles. The normalized spacial score (nSPS) is 11.1. The zero-order valence-electron chi connectivity index (χ0n) is 13.5. The van der Waals surface area contributed by atoms with E-state index in [0.29, 0.717) is 6.54 Å². The fourth-order valence-electron chi connectivity index (χ4n) is 2.23. The number of nitrogens with one attached hydrogen (secondary N) is 2. The Kier molecular flexibility index (Phi) is 5.34. The zero-order valence-corrected chi connectivity index (χ0v) is 15.1. The van der Waals surface area contributed by atoms with Crippen molar-refractivity contribution in [3.05, 3.63) is 82.3 Å². The average Bonchev–Trinajstić information content (AvgIpc) is 3.15. The van der Waals surface area contributed by atoms with Crippen LogP contribution in [0.1, 0.15) is 15.2 Å². The highest BCUT2D eigenvalue weighted by Gasteiger charge is 2.18. The first-order valence-corrected chi connectivity index (χ1v) is 10.00. The van der Waals surface area contributed by atoms with Crippen LogP contribution in [-0.2, 0) is 16.6 Å². The van der Waals surface area contributed by atoms with Gasteiger partial charge in [0.1, 0.15) is 5.82 Å². The lowest BCUT2D eigenvalue weighted by Gasteiger charge is -2.10. The van der Waals surface area contributed by atoms with Gasteiger partial charge in [0.15, 0.2) is 0 Å². The third-order valence-electron chi connectivity index (χ3n) is 3.53. The van der Waals surface area contributed by atoms with Crippen LogP contribution in [0.2, 0.25) is 0 Å². The van der Waals surface area contributed by atoms with Gasteiger partial charge in [0.25, 0.3) is 15.9 Å². The predicted octanol–water partition coefficient (Wildman–Crippen LogP) is 3.62. The summed E-state index contributed by atoms with van der Waals surface area (Å²) in [5.41, 5.74) is 0.0537. The molecule has 0 aliphatic heterocycles. The van der Waals surface area contributed by atoms with E-state index in [1.54, 1.807) is 0 Å². The maximum Gasteiger partial charge on any atom is 0.262 e. The van der Waals surface area contributed by atoms with Gasteiger partial charge in [-0.15, -0.1) is 11.3 Å². The van der Waals surface area contributed by atoms with Gasteiger partial charge in [-0.1, -0.05) is 24.3 Å². The minimum Gasteiger partial charge on any atom is -0.347 e. The van der Waals surface area contributed by atoms with Crippen molar-refractivity contribution in [1.29, 1.82) is 0 Å². The Bertz CT molecular complexity index is 1020. The van der Waals surface area contributed by atoms with Crippen molar-refractivity contribution in [2.24, 2.45) is 0 Å². The van der Waals surface area contributed by atoms with Gasteiger partial charge in [-0.05, 0) is 41.8 Å². The van der Waals surface area contributed by atoms with Gasteiger partial charge >= 0.3 is 0 Å². The molecule has 1 amide bonds. The molecule has 0 spiro atoms. The van der Waals surface area contributed by atoms with E-state index in [1.165, 1.54) is 53.8 Å². The minimum atomic E-state index is -4.02. The SMILES string of the molecule is O=C(NCc1cccs1)c1cccc(S(=O)(=O)Nc2ccccc2F)c1. The van der Waals surface area contributed by atoms with Gasteiger partial charge in [0.2, 0.25) is 0 Å². The molecule has 3 aromatic rings. The smallest absolute Gasteiger partial charge is 0.262 e. The molecule has 2 aromatic carbocycles. The van der Waals surface area contributed by atoms with Crippen molar-refractivity contribution in [3.8, 4) is 0 Å². The number of halogens is 1. The van der Waals surface area contributed by atoms with Crippen LogP contribution >= 0.6 is 11.3 Å². The third kappa shape index (κ3) is 4.27. The number of amides is 1. The fourth-order valence-corrected chi connectivity index (χ4v) is 3.99. The summed E-state index contributed by atoms with van der Waals surface area (Å²) >= 11 is 1.51. The van der Waals surface area contributed by atoms with Crippen molar-refractivity contribution in [2.45, 2.75) is 11.4 Å². The molecular weight excluding hydrogens is 375 g/mol. The van der Waals surface area contributed by atoms with E-state index in [9.17, 15) is 17.6 Å². The number of carbonyl (C=O) groups excluding carboxylic acids is 1. The van der Waals surface area contributed by atoms with E-state index < -0.39 is 15.8 Å². The molecule has 5 nitrogen and oxygen atoms in total. The molecule has 0 bridgehead atoms. The molecule has 0 radical (unpaired) electrons. The minimum absolute atomic E-state index is 0.121. The van der Waals surface area contributed by atoms with Crippen LogP contribution in [0, 0.1) is 5.82 Å². The lowest BCUT2D eigenvalue weighted by molar-refractivity contribution is 0.0951. The van der Waals surface area contributed by atoms with Gasteiger partial charge < -0.3 is 5.32 Å². The maximum absolute atomic E-state index is 13.7. The number of hydrogen-bond donors (Lipinski definition) is 2. The number of hydrogen-bond acceptors (Lipinski definition) is 4. The summed E-state index contributed by atoms with van der Waals surface area (Å²) < 4.78 is 40.8. The Balaban J connectivity index is 1.77. The fraction of sp³-hybridized carbons (Fsp3) is 0.0556. The summed E-state index contributed by atoms with van der Waals surface area (Å²) in [5, 5.41) is 4.64. The van der Waals surface area contributed by atoms with Crippen molar-refractivity contribution < 1.29 is 17.6 Å². The van der Waals surface area contributed by atoms with Crippen LogP contribution < -0.4 is 10.0 Å². The molecule has 0 aliphatic rings. The lowest BCUT2D eigenvalue weighted by atomic mass is 10.2. The maximum atomic E-state index is 13.7. The van der Waals surface area contributed by atoms with Gasteiger partial charge in [-0.3, -0.25) is 9.52 Å². The van der Waals surface area contributed by atoms with Crippen LogP contribution in [-0.4, -0.2) is 14.3 Å². The van der Waals surface area contributed by atoms with Crippen LogP contribution in [0.3, 0.4) is 0 Å². The molecule has 3 rings (SSSR count). The molecule has 0 aliphatic carbocycles. The topological polar surface area (TPSA) is 75.3 Å². The van der Waals surface area contributed by atoms with E-state index in [-0.39, 0.29) is 22.1 Å². The molecule has 0 fully saturated rings. The van der Waals surface area contributed by atoms with Crippen molar-refractivity contribution >= 4 is 33.0 Å². The Morgan fingerprint density at radius 1 is 1.04 bits per heavy atom. The highest BCUT2D eigenvalue weighted by molar-refractivity contribution is 7.92. The number of thiophene rings is 1. The second-order valence-corrected chi connectivity index (χ2v) is 8.09. The number of benzene rings is 2. The van der Waals surface area contributed by atoms with E-state index >= 15 is 0 Å². The van der Waals surface area contributed by atoms with Crippen LogP contribution in [0.5, 0.6) is 0 Å². The standard InChI is InChI=1S/C18H15FN2O3S2/c19-16-8-1-2-9-17(16)21-26(23,24)15-7-3-5-13(11-15)18(22)20-12-14-6-4-10-25-14/h1-11,21H,12H2,(H,20,22). The van der Waals surface area contributed by atoms with Gasteiger partial charge in [-0.25, -0.2) is 12.8 Å². The van der Waals surface area contributed by atoms with E-state index in [0.717, 1.165) is 10.9 Å². The van der Waals surface area contributed by atoms with Crippen LogP contribution in [0.15, 0.2) is 70.9 Å². The first-order chi connectivity index (χ1) is 12.5. The number of anilines is 1. The molecule has 0 saturated carbocycles. The summed E-state index contributed by atoms with van der Waals surface area (Å²) in [6, 6.07) is 14.8. The average molecular weight is 390 g/mol. The monoisotopic (exact) mass is 390 g/mol. The van der Waals surface area contributed by atoms with Crippen molar-refractivity contribution in [1.82, 2.24) is 5.32 Å². The number of para-hydroxylation sites is 1. The van der Waals surface area contributed by atoms with E-state index in [4.69, 9.17) is 0 Å². The molecule has 1 aromatic heterocycles. The molecule has 0 unspecified atom stereocenters. The Hall–Kier alpha value is -2.71. The highest BCUT2D eigenvalue weighted by Crippen LogP contribution is 2.19. The lowest BCUT2D eigenvalue weighted by Crippen LogP contribution is -2.23. The first kappa shape index (κ1) is 18.1. The number of sulfonamides is 1. The van der Waals surface area contributed by atoms with Crippen LogP contribution in [0.25, 0.3) is 0 Å².